The molecule has 2 N–H and O–H groups in total. The smallest absolute Gasteiger partial charge is 0.316 e. The molecule has 0 atom stereocenters. The molecule has 0 unspecified atom stereocenters. The molecule has 0 aliphatic carbocycles. The first-order valence-corrected chi connectivity index (χ1v) is 6.74. The molecule has 0 saturated heterocycles. The Morgan fingerprint density at radius 1 is 1.53 bits per heavy atom. The van der Waals surface area contributed by atoms with Crippen molar-refractivity contribution in [1.29, 1.82) is 0 Å². The van der Waals surface area contributed by atoms with Gasteiger partial charge in [-0.15, -0.1) is 5.10 Å². The second-order valence-corrected chi connectivity index (χ2v) is 4.91. The van der Waals surface area contributed by atoms with E-state index in [0.717, 1.165) is 4.90 Å². The molecule has 0 bridgehead atoms. The van der Waals surface area contributed by atoms with E-state index in [1.54, 1.807) is 13.1 Å². The number of H-pyrrole nitrogens is 1. The Morgan fingerprint density at radius 3 is 3.00 bits per heavy atom. The predicted octanol–water partition coefficient (Wildman–Crippen LogP) is 1.60. The van der Waals surface area contributed by atoms with E-state index in [9.17, 15) is 9.18 Å². The summed E-state index contributed by atoms with van der Waals surface area (Å²) in [5, 5.41) is 9.83. The Hall–Kier alpha value is -1.60. The van der Waals surface area contributed by atoms with Crippen LogP contribution in [-0.4, -0.2) is 21.8 Å². The Kier molecular flexibility index (Phi) is 4.39. The summed E-state index contributed by atoms with van der Waals surface area (Å²) in [6.45, 7) is 2.81. The molecule has 2 rings (SSSR count). The predicted molar refractivity (Wildman–Crippen MR) is 71.8 cm³/mol. The summed E-state index contributed by atoms with van der Waals surface area (Å²) in [5.74, 6) is -0.264. The molecular formula is C12H15FN4OS. The minimum atomic E-state index is -0.264. The fourth-order valence-electron chi connectivity index (χ4n) is 1.74. The summed E-state index contributed by atoms with van der Waals surface area (Å²) in [7, 11) is 1.76. The van der Waals surface area contributed by atoms with E-state index in [4.69, 9.17) is 0 Å². The normalized spacial score (nSPS) is 10.9. The molecule has 0 aliphatic rings. The van der Waals surface area contributed by atoms with Crippen molar-refractivity contribution in [3.63, 3.8) is 0 Å². The number of hydrogen-bond donors (Lipinski definition) is 2. The standard InChI is InChI=1S/C12H15FN4OS/c1-3-17-11(18)15-16-12(17)19-10-6-4-5-9(13)8(10)7-14-2/h4-6,14H,3,7H2,1-2H3,(H,15,18). The van der Waals surface area contributed by atoms with Gasteiger partial charge in [0.2, 0.25) is 0 Å². The molecule has 7 heteroatoms. The van der Waals surface area contributed by atoms with Gasteiger partial charge in [-0.2, -0.15) is 0 Å². The Balaban J connectivity index is 2.37. The van der Waals surface area contributed by atoms with Crippen LogP contribution in [0.1, 0.15) is 12.5 Å². The first-order valence-electron chi connectivity index (χ1n) is 5.92. The van der Waals surface area contributed by atoms with Crippen LogP contribution < -0.4 is 11.0 Å². The molecule has 0 saturated carbocycles. The molecular weight excluding hydrogens is 267 g/mol. The Labute approximate surface area is 114 Å². The van der Waals surface area contributed by atoms with Crippen LogP contribution >= 0.6 is 11.8 Å². The summed E-state index contributed by atoms with van der Waals surface area (Å²) in [6.07, 6.45) is 0. The maximum atomic E-state index is 13.8. The van der Waals surface area contributed by atoms with Crippen LogP contribution in [-0.2, 0) is 13.1 Å². The Morgan fingerprint density at radius 2 is 2.32 bits per heavy atom. The zero-order valence-corrected chi connectivity index (χ0v) is 11.6. The number of hydrogen-bond acceptors (Lipinski definition) is 4. The van der Waals surface area contributed by atoms with Crippen LogP contribution in [0, 0.1) is 5.82 Å². The zero-order valence-electron chi connectivity index (χ0n) is 10.7. The largest absolute Gasteiger partial charge is 0.343 e. The molecule has 2 aromatic rings. The van der Waals surface area contributed by atoms with Gasteiger partial charge >= 0.3 is 5.69 Å². The van der Waals surface area contributed by atoms with Crippen LogP contribution in [0.2, 0.25) is 0 Å². The zero-order chi connectivity index (χ0) is 13.8. The lowest BCUT2D eigenvalue weighted by molar-refractivity contribution is 0.593. The highest BCUT2D eigenvalue weighted by atomic mass is 32.2. The van der Waals surface area contributed by atoms with Crippen molar-refractivity contribution >= 4 is 11.8 Å². The van der Waals surface area contributed by atoms with Gasteiger partial charge in [0, 0.05) is 23.5 Å². The molecule has 0 fully saturated rings. The summed E-state index contributed by atoms with van der Waals surface area (Å²) in [5.41, 5.74) is 0.324. The van der Waals surface area contributed by atoms with Gasteiger partial charge in [0.25, 0.3) is 0 Å². The molecule has 1 aromatic heterocycles. The third kappa shape index (κ3) is 2.87. The quantitative estimate of drug-likeness (QED) is 0.874. The van der Waals surface area contributed by atoms with Crippen LogP contribution in [0.25, 0.3) is 0 Å². The van der Waals surface area contributed by atoms with Crippen molar-refractivity contribution in [2.75, 3.05) is 7.05 Å². The van der Waals surface area contributed by atoms with Crippen LogP contribution in [0.4, 0.5) is 4.39 Å². The highest BCUT2D eigenvalue weighted by Gasteiger charge is 2.13. The van der Waals surface area contributed by atoms with Gasteiger partial charge in [-0.05, 0) is 37.9 Å². The summed E-state index contributed by atoms with van der Waals surface area (Å²) >= 11 is 1.28. The average molecular weight is 282 g/mol. The van der Waals surface area contributed by atoms with Gasteiger partial charge in [0.1, 0.15) is 5.82 Å². The van der Waals surface area contributed by atoms with Crippen molar-refractivity contribution < 1.29 is 4.39 Å². The van der Waals surface area contributed by atoms with Crippen molar-refractivity contribution in [3.05, 3.63) is 40.1 Å². The minimum Gasteiger partial charge on any atom is -0.316 e. The minimum absolute atomic E-state index is 0.253. The fourth-order valence-corrected chi connectivity index (χ4v) is 2.79. The third-order valence-electron chi connectivity index (χ3n) is 2.67. The van der Waals surface area contributed by atoms with E-state index < -0.39 is 0 Å². The molecule has 1 aromatic carbocycles. The molecule has 5 nitrogen and oxygen atoms in total. The molecule has 102 valence electrons. The second-order valence-electron chi connectivity index (χ2n) is 3.90. The molecule has 0 amide bonds. The molecule has 19 heavy (non-hydrogen) atoms. The van der Waals surface area contributed by atoms with Gasteiger partial charge in [-0.25, -0.2) is 14.3 Å². The fraction of sp³-hybridized carbons (Fsp3) is 0.333. The Bertz CT molecular complexity index is 622. The average Bonchev–Trinajstić information content (AvgIpc) is 2.74. The van der Waals surface area contributed by atoms with Crippen molar-refractivity contribution in [2.45, 2.75) is 30.1 Å². The van der Waals surface area contributed by atoms with E-state index in [2.05, 4.69) is 15.5 Å². The summed E-state index contributed by atoms with van der Waals surface area (Å²) in [6, 6.07) is 4.89. The van der Waals surface area contributed by atoms with Crippen molar-refractivity contribution in [2.24, 2.45) is 0 Å². The van der Waals surface area contributed by atoms with Crippen LogP contribution in [0.5, 0.6) is 0 Å². The van der Waals surface area contributed by atoms with Gasteiger partial charge in [0.05, 0.1) is 0 Å². The van der Waals surface area contributed by atoms with E-state index >= 15 is 0 Å². The number of aromatic amines is 1. The second kappa shape index (κ2) is 6.03. The van der Waals surface area contributed by atoms with Gasteiger partial charge < -0.3 is 5.32 Å². The van der Waals surface area contributed by atoms with Crippen LogP contribution in [0.3, 0.4) is 0 Å². The van der Waals surface area contributed by atoms with E-state index in [1.807, 2.05) is 13.0 Å². The molecule has 0 aliphatic heterocycles. The number of aromatic nitrogens is 3. The number of benzene rings is 1. The number of nitrogens with one attached hydrogen (secondary N) is 2. The SMILES string of the molecule is CCn1c(Sc2cccc(F)c2CNC)n[nH]c1=O. The number of nitrogens with zero attached hydrogens (tertiary/aromatic N) is 2. The van der Waals surface area contributed by atoms with E-state index in [-0.39, 0.29) is 11.5 Å². The summed E-state index contributed by atoms with van der Waals surface area (Å²) < 4.78 is 15.3. The van der Waals surface area contributed by atoms with Gasteiger partial charge in [0.15, 0.2) is 5.16 Å². The topological polar surface area (TPSA) is 62.7 Å². The first-order chi connectivity index (χ1) is 9.17. The first kappa shape index (κ1) is 13.8. The van der Waals surface area contributed by atoms with E-state index in [0.29, 0.717) is 23.8 Å². The van der Waals surface area contributed by atoms with E-state index in [1.165, 1.54) is 22.4 Å². The third-order valence-corrected chi connectivity index (χ3v) is 3.77. The maximum absolute atomic E-state index is 13.8. The molecule has 0 spiro atoms. The lowest BCUT2D eigenvalue weighted by Gasteiger charge is -2.09. The van der Waals surface area contributed by atoms with Crippen molar-refractivity contribution in [1.82, 2.24) is 20.1 Å². The van der Waals surface area contributed by atoms with Gasteiger partial charge in [-0.1, -0.05) is 6.07 Å². The lowest BCUT2D eigenvalue weighted by Crippen LogP contribution is -2.16. The lowest BCUT2D eigenvalue weighted by atomic mass is 10.2. The maximum Gasteiger partial charge on any atom is 0.343 e. The highest BCUT2D eigenvalue weighted by molar-refractivity contribution is 7.99. The number of rotatable bonds is 5. The van der Waals surface area contributed by atoms with Crippen molar-refractivity contribution in [3.8, 4) is 0 Å². The number of halogens is 1. The molecule has 0 radical (unpaired) electrons. The summed E-state index contributed by atoms with van der Waals surface area (Å²) in [4.78, 5) is 12.2. The molecule has 1 heterocycles. The van der Waals surface area contributed by atoms with Gasteiger partial charge in [-0.3, -0.25) is 4.57 Å². The highest BCUT2D eigenvalue weighted by Crippen LogP contribution is 2.29. The monoisotopic (exact) mass is 282 g/mol. The van der Waals surface area contributed by atoms with Crippen LogP contribution in [0.15, 0.2) is 33.0 Å².